The molecule has 1 N–H and O–H groups in total. The first-order valence-corrected chi connectivity index (χ1v) is 9.29. The highest BCUT2D eigenvalue weighted by molar-refractivity contribution is 6.33. The highest BCUT2D eigenvalue weighted by Crippen LogP contribution is 2.36. The molecule has 0 fully saturated rings. The Kier molecular flexibility index (Phi) is 4.88. The van der Waals surface area contributed by atoms with E-state index in [4.69, 9.17) is 16.3 Å². The zero-order valence-corrected chi connectivity index (χ0v) is 16.3. The number of carbonyl (C=O) groups excluding carboxylic acids is 1. The predicted octanol–water partition coefficient (Wildman–Crippen LogP) is 4.74. The van der Waals surface area contributed by atoms with E-state index in [0.29, 0.717) is 28.0 Å². The van der Waals surface area contributed by atoms with Crippen LogP contribution in [0.2, 0.25) is 5.02 Å². The van der Waals surface area contributed by atoms with E-state index in [1.807, 2.05) is 12.1 Å². The molecule has 1 aliphatic rings. The summed E-state index contributed by atoms with van der Waals surface area (Å²) >= 11 is 6.28. The summed E-state index contributed by atoms with van der Waals surface area (Å²) < 4.78 is 4.77. The van der Waals surface area contributed by atoms with Gasteiger partial charge in [-0.2, -0.15) is 4.98 Å². The van der Waals surface area contributed by atoms with Gasteiger partial charge in [0, 0.05) is 17.9 Å². The van der Waals surface area contributed by atoms with Crippen LogP contribution in [0.25, 0.3) is 0 Å². The average Bonchev–Trinajstić information content (AvgIpc) is 3.05. The lowest BCUT2D eigenvalue weighted by molar-refractivity contribution is 0.0601. The lowest BCUT2D eigenvalue weighted by atomic mass is 10.1. The highest BCUT2D eigenvalue weighted by atomic mass is 35.5. The van der Waals surface area contributed by atoms with Crippen molar-refractivity contribution in [3.05, 3.63) is 70.9 Å². The van der Waals surface area contributed by atoms with Gasteiger partial charge < -0.3 is 15.0 Å². The molecule has 0 bridgehead atoms. The summed E-state index contributed by atoms with van der Waals surface area (Å²) in [4.78, 5) is 23.0. The number of rotatable bonds is 4. The zero-order valence-electron chi connectivity index (χ0n) is 15.5. The minimum absolute atomic E-state index is 0.263. The molecular weight excluding hydrogens is 376 g/mol. The van der Waals surface area contributed by atoms with Crippen molar-refractivity contribution in [2.45, 2.75) is 19.4 Å². The van der Waals surface area contributed by atoms with Gasteiger partial charge in [0.1, 0.15) is 5.82 Å². The Morgan fingerprint density at radius 1 is 1.25 bits per heavy atom. The summed E-state index contributed by atoms with van der Waals surface area (Å²) in [6.07, 6.45) is 2.65. The number of nitrogens with zero attached hydrogens (tertiary/aromatic N) is 3. The third kappa shape index (κ3) is 3.39. The van der Waals surface area contributed by atoms with E-state index in [9.17, 15) is 4.79 Å². The van der Waals surface area contributed by atoms with Crippen molar-refractivity contribution in [2.24, 2.45) is 0 Å². The van der Waals surface area contributed by atoms with Crippen molar-refractivity contribution in [1.29, 1.82) is 0 Å². The van der Waals surface area contributed by atoms with Gasteiger partial charge in [0.25, 0.3) is 0 Å². The number of hydrogen-bond acceptors (Lipinski definition) is 6. The van der Waals surface area contributed by atoms with Gasteiger partial charge in [-0.15, -0.1) is 0 Å². The molecule has 6 nitrogen and oxygen atoms in total. The number of carbonyl (C=O) groups is 1. The number of methoxy groups -OCH3 is 1. The lowest BCUT2D eigenvalue weighted by Gasteiger charge is -2.23. The van der Waals surface area contributed by atoms with Gasteiger partial charge in [0.05, 0.1) is 23.4 Å². The second-order valence-corrected chi connectivity index (χ2v) is 7.01. The fourth-order valence-corrected chi connectivity index (χ4v) is 3.57. The van der Waals surface area contributed by atoms with Crippen molar-refractivity contribution in [3.8, 4) is 0 Å². The van der Waals surface area contributed by atoms with Gasteiger partial charge >= 0.3 is 5.97 Å². The number of esters is 1. The number of ether oxygens (including phenoxy) is 1. The monoisotopic (exact) mass is 394 g/mol. The number of hydrogen-bond donors (Lipinski definition) is 1. The van der Waals surface area contributed by atoms with E-state index >= 15 is 0 Å². The first-order valence-electron chi connectivity index (χ1n) is 8.92. The number of benzene rings is 2. The summed E-state index contributed by atoms with van der Waals surface area (Å²) in [6, 6.07) is 15.2. The molecule has 1 aromatic heterocycles. The van der Waals surface area contributed by atoms with Gasteiger partial charge in [0.15, 0.2) is 0 Å². The first kappa shape index (κ1) is 18.3. The van der Waals surface area contributed by atoms with Crippen LogP contribution in [-0.2, 0) is 11.2 Å². The van der Waals surface area contributed by atoms with Crippen molar-refractivity contribution in [3.63, 3.8) is 0 Å². The molecule has 28 heavy (non-hydrogen) atoms. The minimum atomic E-state index is -0.425. The molecular formula is C21H19ClN4O2. The Morgan fingerprint density at radius 2 is 2.07 bits per heavy atom. The van der Waals surface area contributed by atoms with Crippen LogP contribution in [0.1, 0.15) is 22.8 Å². The van der Waals surface area contributed by atoms with Gasteiger partial charge in [-0.25, -0.2) is 9.78 Å². The average molecular weight is 395 g/mol. The molecule has 1 atom stereocenters. The number of para-hydroxylation sites is 1. The fourth-order valence-electron chi connectivity index (χ4n) is 3.41. The summed E-state index contributed by atoms with van der Waals surface area (Å²) in [5.41, 5.74) is 3.39. The molecule has 3 aromatic rings. The minimum Gasteiger partial charge on any atom is -0.465 e. The molecule has 0 saturated carbocycles. The number of aromatic nitrogens is 2. The van der Waals surface area contributed by atoms with E-state index in [1.165, 1.54) is 12.7 Å². The molecule has 0 radical (unpaired) electrons. The van der Waals surface area contributed by atoms with Gasteiger partial charge in [-0.05, 0) is 49.2 Å². The summed E-state index contributed by atoms with van der Waals surface area (Å²) in [5, 5.41) is 3.66. The second kappa shape index (κ2) is 7.48. The summed E-state index contributed by atoms with van der Waals surface area (Å²) in [6.45, 7) is 2.15. The molecule has 1 unspecified atom stereocenters. The normalized spacial score (nSPS) is 15.2. The number of nitrogens with one attached hydrogen (secondary N) is 1. The Hall–Kier alpha value is -3.12. The standard InChI is InChI=1S/C21H19ClN4O2/c1-13-11-14-5-3-4-6-18(14)26(13)21-23-10-9-19(25-21)24-17-12-15(20(27)28-2)7-8-16(17)22/h3-10,12-13H,11H2,1-2H3,(H,23,24,25). The van der Waals surface area contributed by atoms with Crippen LogP contribution in [-0.4, -0.2) is 29.1 Å². The molecule has 2 heterocycles. The maximum atomic E-state index is 11.8. The molecule has 7 heteroatoms. The first-order chi connectivity index (χ1) is 13.6. The van der Waals surface area contributed by atoms with Crippen LogP contribution < -0.4 is 10.2 Å². The van der Waals surface area contributed by atoms with E-state index in [1.54, 1.807) is 30.5 Å². The number of halogens is 1. The SMILES string of the molecule is COC(=O)c1ccc(Cl)c(Nc2ccnc(N3c4ccccc4CC3C)n2)c1. The van der Waals surface area contributed by atoms with Gasteiger partial charge in [-0.1, -0.05) is 29.8 Å². The topological polar surface area (TPSA) is 67.3 Å². The van der Waals surface area contributed by atoms with Crippen molar-refractivity contribution in [2.75, 3.05) is 17.3 Å². The van der Waals surface area contributed by atoms with E-state index in [2.05, 4.69) is 39.2 Å². The smallest absolute Gasteiger partial charge is 0.337 e. The molecule has 0 aliphatic carbocycles. The van der Waals surface area contributed by atoms with E-state index < -0.39 is 5.97 Å². The van der Waals surface area contributed by atoms with Crippen LogP contribution in [0.3, 0.4) is 0 Å². The Balaban J connectivity index is 1.65. The Labute approximate surface area is 168 Å². The van der Waals surface area contributed by atoms with Crippen molar-refractivity contribution in [1.82, 2.24) is 9.97 Å². The summed E-state index contributed by atoms with van der Waals surface area (Å²) in [7, 11) is 1.34. The summed E-state index contributed by atoms with van der Waals surface area (Å²) in [5.74, 6) is 0.777. The van der Waals surface area contributed by atoms with Crippen molar-refractivity contribution >= 4 is 40.7 Å². The molecule has 1 aliphatic heterocycles. The highest BCUT2D eigenvalue weighted by Gasteiger charge is 2.28. The van der Waals surface area contributed by atoms with Crippen LogP contribution in [0, 0.1) is 0 Å². The van der Waals surface area contributed by atoms with E-state index in [0.717, 1.165) is 12.1 Å². The third-order valence-corrected chi connectivity index (χ3v) is 5.05. The Morgan fingerprint density at radius 3 is 2.89 bits per heavy atom. The van der Waals surface area contributed by atoms with E-state index in [-0.39, 0.29) is 6.04 Å². The third-order valence-electron chi connectivity index (χ3n) is 4.72. The maximum absolute atomic E-state index is 11.8. The molecule has 2 aromatic carbocycles. The predicted molar refractivity (Wildman–Crippen MR) is 110 cm³/mol. The van der Waals surface area contributed by atoms with Crippen LogP contribution >= 0.6 is 11.6 Å². The molecule has 142 valence electrons. The molecule has 4 rings (SSSR count). The Bertz CT molecular complexity index is 1040. The van der Waals surface area contributed by atoms with Crippen LogP contribution in [0.15, 0.2) is 54.7 Å². The second-order valence-electron chi connectivity index (χ2n) is 6.60. The lowest BCUT2D eigenvalue weighted by Crippen LogP contribution is -2.25. The molecule has 0 spiro atoms. The largest absolute Gasteiger partial charge is 0.465 e. The number of anilines is 4. The zero-order chi connectivity index (χ0) is 19.7. The van der Waals surface area contributed by atoms with Gasteiger partial charge in [0.2, 0.25) is 5.95 Å². The quantitative estimate of drug-likeness (QED) is 0.644. The van der Waals surface area contributed by atoms with Crippen LogP contribution in [0.5, 0.6) is 0 Å². The molecule has 0 saturated heterocycles. The van der Waals surface area contributed by atoms with Gasteiger partial charge in [-0.3, -0.25) is 0 Å². The fraction of sp³-hybridized carbons (Fsp3) is 0.190. The number of fused-ring (bicyclic) bond motifs is 1. The van der Waals surface area contributed by atoms with Crippen molar-refractivity contribution < 1.29 is 9.53 Å². The molecule has 0 amide bonds. The maximum Gasteiger partial charge on any atom is 0.337 e. The van der Waals surface area contributed by atoms with Crippen LogP contribution in [0.4, 0.5) is 23.1 Å².